The van der Waals surface area contributed by atoms with Crippen LogP contribution >= 0.6 is 0 Å². The zero-order valence-electron chi connectivity index (χ0n) is 15.2. The number of Topliss-reactive ketones (excluding diaryl/α,β-unsaturated/α-hetero) is 1. The summed E-state index contributed by atoms with van der Waals surface area (Å²) in [6, 6.07) is -0.285. The first-order chi connectivity index (χ1) is 8.61. The lowest BCUT2D eigenvalue weighted by Gasteiger charge is -2.07. The first kappa shape index (κ1) is 38.5. The van der Waals surface area contributed by atoms with E-state index in [0.29, 0.717) is 0 Å². The van der Waals surface area contributed by atoms with Gasteiger partial charge in [-0.2, -0.15) is 5.43 Å². The van der Waals surface area contributed by atoms with Gasteiger partial charge in [-0.3, -0.25) is 10.5 Å². The topological polar surface area (TPSA) is 157 Å². The number of halogens is 3. The second-order valence-electron chi connectivity index (χ2n) is 4.78. The fourth-order valence-corrected chi connectivity index (χ4v) is 1.59. The van der Waals surface area contributed by atoms with Gasteiger partial charge in [-0.15, -0.1) is 5.11 Å². The minimum absolute atomic E-state index is 0. The number of hydrogen-bond acceptors (Lipinski definition) is 4. The van der Waals surface area contributed by atoms with Crippen molar-refractivity contribution in [2.24, 2.45) is 16.1 Å². The number of carbonyl (C=O) groups excluding carboxylic acids is 1. The number of nitrogens with zero attached hydrogens (tertiary/aromatic N) is 2. The third-order valence-electron chi connectivity index (χ3n) is 2.99. The lowest BCUT2D eigenvalue weighted by molar-refractivity contribution is -0.702. The lowest BCUT2D eigenvalue weighted by atomic mass is 10.0. The highest BCUT2D eigenvalue weighted by Crippen LogP contribution is 2.10. The van der Waals surface area contributed by atoms with Crippen molar-refractivity contribution in [2.75, 3.05) is 0 Å². The number of unbranched alkanes of at least 4 members (excludes halogenated alkanes) is 4. The van der Waals surface area contributed by atoms with E-state index >= 15 is 0 Å². The minimum atomic E-state index is -0.285. The summed E-state index contributed by atoms with van der Waals surface area (Å²) in [4.78, 5) is 11.4. The maximum absolute atomic E-state index is 11.4. The molecule has 10 heteroatoms. The van der Waals surface area contributed by atoms with Crippen molar-refractivity contribution >= 4 is 5.78 Å². The van der Waals surface area contributed by atoms with Crippen LogP contribution in [0.5, 0.6) is 0 Å². The number of rotatable bonds is 11. The molecule has 0 radical (unpaired) electrons. The molecular formula is C13H37Cl3N6O. The standard InChI is InChI=1S/C13H28N4O.3ClH.2H3N/c1-4-6-7-8-9-10-12(11(3)18)15-17-16-13(14)5-2;;;;;/h12-13H,4-10,14H2,1-3H3,(H,15,16);3*1H;2*1H3. The molecule has 0 bridgehead atoms. The quantitative estimate of drug-likeness (QED) is 0.0896. The maximum Gasteiger partial charge on any atom is 0.162 e. The normalized spacial score (nSPS) is 11.7. The first-order valence-corrected chi connectivity index (χ1v) is 7.11. The molecule has 7 nitrogen and oxygen atoms in total. The van der Waals surface area contributed by atoms with E-state index in [2.05, 4.69) is 17.3 Å². The molecule has 0 aliphatic heterocycles. The van der Waals surface area contributed by atoms with E-state index in [1.54, 1.807) is 12.3 Å². The van der Waals surface area contributed by atoms with E-state index < -0.39 is 0 Å². The van der Waals surface area contributed by atoms with Gasteiger partial charge in [-0.05, 0) is 13.3 Å². The molecule has 12 N–H and O–H groups in total. The zero-order valence-corrected chi connectivity index (χ0v) is 17.5. The fourth-order valence-electron chi connectivity index (χ4n) is 1.59. The third-order valence-corrected chi connectivity index (χ3v) is 2.99. The van der Waals surface area contributed by atoms with Crippen molar-refractivity contribution < 1.29 is 47.4 Å². The molecule has 0 saturated heterocycles. The summed E-state index contributed by atoms with van der Waals surface area (Å²) in [7, 11) is 0. The molecule has 0 aromatic rings. The van der Waals surface area contributed by atoms with Gasteiger partial charge >= 0.3 is 0 Å². The van der Waals surface area contributed by atoms with E-state index in [-0.39, 0.29) is 67.5 Å². The average molecular weight is 400 g/mol. The van der Waals surface area contributed by atoms with Gasteiger partial charge in [0.1, 0.15) is 6.04 Å². The Kier molecular flexibility index (Phi) is 45.0. The van der Waals surface area contributed by atoms with Gasteiger partial charge < -0.3 is 49.5 Å². The van der Waals surface area contributed by atoms with Crippen molar-refractivity contribution in [3.63, 3.8) is 0 Å². The van der Waals surface area contributed by atoms with Gasteiger partial charge in [0.15, 0.2) is 11.9 Å². The predicted molar refractivity (Wildman–Crippen MR) is 84.9 cm³/mol. The number of nitrogens with two attached hydrogens (primary N) is 2. The van der Waals surface area contributed by atoms with Gasteiger partial charge in [-0.1, -0.05) is 46.0 Å². The van der Waals surface area contributed by atoms with E-state index in [9.17, 15) is 4.79 Å². The van der Waals surface area contributed by atoms with E-state index in [4.69, 9.17) is 5.73 Å². The largest absolute Gasteiger partial charge is 1.00 e. The average Bonchev–Trinajstić information content (AvgIpc) is 2.35. The molecule has 2 unspecified atom stereocenters. The summed E-state index contributed by atoms with van der Waals surface area (Å²) in [6.07, 6.45) is 7.54. The Hall–Kier alpha value is -0.0200. The molecule has 0 amide bonds. The first-order valence-electron chi connectivity index (χ1n) is 7.11. The molecule has 0 aromatic carbocycles. The molecule has 0 aliphatic carbocycles. The smallest absolute Gasteiger partial charge is 0.162 e. The Bertz CT molecular complexity index is 260. The van der Waals surface area contributed by atoms with Crippen LogP contribution in [0.15, 0.2) is 10.3 Å². The molecule has 0 fully saturated rings. The second kappa shape index (κ2) is 26.9. The highest BCUT2D eigenvalue weighted by atomic mass is 35.5. The molecule has 0 heterocycles. The van der Waals surface area contributed by atoms with Crippen LogP contribution in [0.25, 0.3) is 0 Å². The zero-order chi connectivity index (χ0) is 13.8. The highest BCUT2D eigenvalue weighted by molar-refractivity contribution is 5.81. The second-order valence-corrected chi connectivity index (χ2v) is 4.78. The van der Waals surface area contributed by atoms with Gasteiger partial charge in [0.05, 0.1) is 0 Å². The predicted octanol–water partition coefficient (Wildman–Crippen LogP) is -6.31. The molecule has 146 valence electrons. The van der Waals surface area contributed by atoms with Crippen LogP contribution in [-0.4, -0.2) is 18.0 Å². The summed E-state index contributed by atoms with van der Waals surface area (Å²) in [5, 5.41) is 8.00. The van der Waals surface area contributed by atoms with Crippen LogP contribution in [0.3, 0.4) is 0 Å². The van der Waals surface area contributed by atoms with Gasteiger partial charge in [0.2, 0.25) is 0 Å². The lowest BCUT2D eigenvalue weighted by Crippen LogP contribution is -3.00. The van der Waals surface area contributed by atoms with Crippen LogP contribution in [-0.2, 0) is 4.79 Å². The molecule has 0 aromatic heterocycles. The van der Waals surface area contributed by atoms with Crippen molar-refractivity contribution in [3.8, 4) is 0 Å². The molecule has 0 aliphatic rings. The van der Waals surface area contributed by atoms with Gasteiger partial charge in [0, 0.05) is 11.6 Å². The van der Waals surface area contributed by atoms with Crippen LogP contribution in [0.4, 0.5) is 0 Å². The number of carbonyl (C=O) groups is 1. The van der Waals surface area contributed by atoms with E-state index in [1.807, 2.05) is 6.92 Å². The Morgan fingerprint density at radius 1 is 1.04 bits per heavy atom. The monoisotopic (exact) mass is 398 g/mol. The highest BCUT2D eigenvalue weighted by Gasteiger charge is 2.13. The van der Waals surface area contributed by atoms with Crippen LogP contribution in [0, 0.1) is 0 Å². The number of ketones is 1. The Morgan fingerprint density at radius 3 is 2.00 bits per heavy atom. The molecule has 2 atom stereocenters. The van der Waals surface area contributed by atoms with Crippen molar-refractivity contribution in [3.05, 3.63) is 0 Å². The summed E-state index contributed by atoms with van der Waals surface area (Å²) in [5.74, 6) is 0.0905. The minimum Gasteiger partial charge on any atom is -1.00 e. The van der Waals surface area contributed by atoms with Crippen LogP contribution in [0.1, 0.15) is 65.7 Å². The van der Waals surface area contributed by atoms with Crippen molar-refractivity contribution in [1.29, 1.82) is 0 Å². The van der Waals surface area contributed by atoms with Crippen molar-refractivity contribution in [1.82, 2.24) is 12.3 Å². The molecule has 0 spiro atoms. The number of quaternary nitrogens is 3. The summed E-state index contributed by atoms with van der Waals surface area (Å²) in [6.45, 7) is 5.77. The SMILES string of the molecule is CCCCCCCC(N=N[NH2+]C(N)CC)C(C)=O.[Cl-].[Cl-].[Cl-].[NH4+].[NH4+]. The Morgan fingerprint density at radius 2 is 1.57 bits per heavy atom. The molecule has 0 saturated carbocycles. The number of hydrogen-bond donors (Lipinski definition) is 4. The van der Waals surface area contributed by atoms with E-state index in [1.165, 1.54) is 25.7 Å². The van der Waals surface area contributed by atoms with E-state index in [0.717, 1.165) is 19.3 Å². The molecular weight excluding hydrogens is 363 g/mol. The summed E-state index contributed by atoms with van der Waals surface area (Å²) >= 11 is 0. The van der Waals surface area contributed by atoms with Gasteiger partial charge in [0.25, 0.3) is 0 Å². The summed E-state index contributed by atoms with van der Waals surface area (Å²) in [5.41, 5.74) is 7.31. The molecule has 23 heavy (non-hydrogen) atoms. The maximum atomic E-state index is 11.4. The van der Waals surface area contributed by atoms with Crippen LogP contribution in [0.2, 0.25) is 0 Å². The Balaban J connectivity index is -0.000000144. The van der Waals surface area contributed by atoms with Gasteiger partial charge in [-0.25, -0.2) is 0 Å². The third kappa shape index (κ3) is 24.4. The van der Waals surface area contributed by atoms with Crippen LogP contribution < -0.4 is 60.7 Å². The summed E-state index contributed by atoms with van der Waals surface area (Å²) < 4.78 is 0. The fraction of sp³-hybridized carbons (Fsp3) is 0.923. The molecule has 0 rings (SSSR count). The Labute approximate surface area is 159 Å². The van der Waals surface area contributed by atoms with Crippen molar-refractivity contribution in [2.45, 2.75) is 77.9 Å².